The second kappa shape index (κ2) is 5.11. The fraction of sp³-hybridized carbons (Fsp3) is 0.115. The van der Waals surface area contributed by atoms with Gasteiger partial charge in [0.05, 0.1) is 17.6 Å². The van der Waals surface area contributed by atoms with E-state index >= 15 is 0 Å². The normalized spacial score (nSPS) is 14.6. The third-order valence-corrected chi connectivity index (χ3v) is 6.61. The minimum atomic E-state index is 0.980. The molecule has 0 fully saturated rings. The summed E-state index contributed by atoms with van der Waals surface area (Å²) in [6.45, 7) is 0. The number of fused-ring (bicyclic) bond motifs is 8. The maximum Gasteiger partial charge on any atom is 0.0680 e. The fourth-order valence-corrected chi connectivity index (χ4v) is 5.41. The lowest BCUT2D eigenvalue weighted by molar-refractivity contribution is 0.986. The number of hydrogen-bond acceptors (Lipinski definition) is 2. The Bertz CT molecular complexity index is 1290. The van der Waals surface area contributed by atoms with Crippen LogP contribution in [0.1, 0.15) is 33.4 Å². The zero-order valence-corrected chi connectivity index (χ0v) is 15.4. The van der Waals surface area contributed by atoms with E-state index in [1.807, 2.05) is 12.4 Å². The summed E-state index contributed by atoms with van der Waals surface area (Å²) in [5.74, 6) is 0. The van der Waals surface area contributed by atoms with Crippen molar-refractivity contribution in [2.75, 3.05) is 4.90 Å². The summed E-state index contributed by atoms with van der Waals surface area (Å²) >= 11 is 0. The van der Waals surface area contributed by atoms with Crippen LogP contribution in [0.3, 0.4) is 0 Å². The van der Waals surface area contributed by atoms with E-state index in [4.69, 9.17) is 0 Å². The van der Waals surface area contributed by atoms with Crippen molar-refractivity contribution in [2.45, 2.75) is 19.3 Å². The summed E-state index contributed by atoms with van der Waals surface area (Å²) in [5.41, 5.74) is 15.5. The molecule has 0 saturated heterocycles. The van der Waals surface area contributed by atoms with Crippen LogP contribution in [-0.4, -0.2) is 4.98 Å². The predicted molar refractivity (Wildman–Crippen MR) is 113 cm³/mol. The maximum atomic E-state index is 4.46. The average Bonchev–Trinajstić information content (AvgIpc) is 3.12. The SMILES string of the molecule is c1ccc2c(c1)Cc1c-2cc2c3c1Cc1ccccc1N3c1cnccc1C2. The first kappa shape index (κ1) is 14.6. The van der Waals surface area contributed by atoms with E-state index in [9.17, 15) is 0 Å². The van der Waals surface area contributed by atoms with Gasteiger partial charge in [-0.1, -0.05) is 42.5 Å². The molecule has 28 heavy (non-hydrogen) atoms. The van der Waals surface area contributed by atoms with Gasteiger partial charge in [-0.25, -0.2) is 0 Å². The Balaban J connectivity index is 1.58. The van der Waals surface area contributed by atoms with Crippen LogP contribution in [0.25, 0.3) is 11.1 Å². The molecule has 0 radical (unpaired) electrons. The van der Waals surface area contributed by atoms with Crippen molar-refractivity contribution in [2.24, 2.45) is 0 Å². The Morgan fingerprint density at radius 1 is 0.643 bits per heavy atom. The predicted octanol–water partition coefficient (Wildman–Crippen LogP) is 5.93. The van der Waals surface area contributed by atoms with Gasteiger partial charge in [-0.15, -0.1) is 0 Å². The highest BCUT2D eigenvalue weighted by Crippen LogP contribution is 2.54. The quantitative estimate of drug-likeness (QED) is 0.334. The summed E-state index contributed by atoms with van der Waals surface area (Å²) in [6.07, 6.45) is 7.00. The molecule has 2 nitrogen and oxygen atoms in total. The summed E-state index contributed by atoms with van der Waals surface area (Å²) in [4.78, 5) is 6.93. The van der Waals surface area contributed by atoms with Gasteiger partial charge < -0.3 is 4.90 Å². The highest BCUT2D eigenvalue weighted by atomic mass is 15.2. The first-order chi connectivity index (χ1) is 13.9. The van der Waals surface area contributed by atoms with Crippen LogP contribution in [0, 0.1) is 0 Å². The van der Waals surface area contributed by atoms with Gasteiger partial charge in [0.25, 0.3) is 0 Å². The number of rotatable bonds is 0. The zero-order chi connectivity index (χ0) is 18.2. The van der Waals surface area contributed by atoms with E-state index in [1.165, 1.54) is 61.6 Å². The fourth-order valence-electron chi connectivity index (χ4n) is 5.41. The number of pyridine rings is 1. The first-order valence-corrected chi connectivity index (χ1v) is 9.95. The summed E-state index contributed by atoms with van der Waals surface area (Å²) in [5, 5.41) is 0. The minimum Gasteiger partial charge on any atom is -0.308 e. The van der Waals surface area contributed by atoms with E-state index in [0.29, 0.717) is 0 Å². The van der Waals surface area contributed by atoms with Crippen molar-refractivity contribution in [1.82, 2.24) is 4.98 Å². The molecule has 0 N–H and O–H groups in total. The highest BCUT2D eigenvalue weighted by molar-refractivity contribution is 5.93. The van der Waals surface area contributed by atoms with Gasteiger partial charge in [-0.3, -0.25) is 4.98 Å². The third kappa shape index (κ3) is 1.75. The number of aromatic nitrogens is 1. The Morgan fingerprint density at radius 2 is 1.43 bits per heavy atom. The molecule has 0 unspecified atom stereocenters. The van der Waals surface area contributed by atoms with Crippen LogP contribution >= 0.6 is 0 Å². The molecule has 7 rings (SSSR count). The first-order valence-electron chi connectivity index (χ1n) is 9.95. The van der Waals surface area contributed by atoms with E-state index in [1.54, 1.807) is 0 Å². The molecule has 3 aromatic carbocycles. The molecule has 0 saturated carbocycles. The largest absolute Gasteiger partial charge is 0.308 e. The van der Waals surface area contributed by atoms with E-state index < -0.39 is 0 Å². The molecule has 1 aromatic heterocycles. The topological polar surface area (TPSA) is 16.1 Å². The van der Waals surface area contributed by atoms with Crippen molar-refractivity contribution < 1.29 is 0 Å². The van der Waals surface area contributed by atoms with E-state index in [-0.39, 0.29) is 0 Å². The molecular formula is C26H18N2. The van der Waals surface area contributed by atoms with Gasteiger partial charge in [0, 0.05) is 24.7 Å². The second-order valence-corrected chi connectivity index (χ2v) is 8.04. The molecule has 0 spiro atoms. The molecule has 3 heterocycles. The van der Waals surface area contributed by atoms with Gasteiger partial charge in [0.15, 0.2) is 0 Å². The molecule has 2 aliphatic heterocycles. The summed E-state index contributed by atoms with van der Waals surface area (Å²) in [7, 11) is 0. The van der Waals surface area contributed by atoms with Crippen LogP contribution in [-0.2, 0) is 19.3 Å². The molecule has 0 bridgehead atoms. The van der Waals surface area contributed by atoms with Crippen LogP contribution in [0.2, 0.25) is 0 Å². The molecule has 3 aliphatic rings. The molecule has 4 aromatic rings. The number of benzene rings is 3. The Hall–Kier alpha value is -3.39. The van der Waals surface area contributed by atoms with Gasteiger partial charge in [0.1, 0.15) is 0 Å². The molecule has 2 heteroatoms. The van der Waals surface area contributed by atoms with Crippen molar-refractivity contribution in [3.8, 4) is 11.1 Å². The highest BCUT2D eigenvalue weighted by Gasteiger charge is 2.35. The van der Waals surface area contributed by atoms with Crippen molar-refractivity contribution in [1.29, 1.82) is 0 Å². The molecular weight excluding hydrogens is 340 g/mol. The van der Waals surface area contributed by atoms with Crippen LogP contribution < -0.4 is 4.90 Å². The lowest BCUT2D eigenvalue weighted by atomic mass is 9.83. The molecule has 0 amide bonds. The summed E-state index contributed by atoms with van der Waals surface area (Å²) < 4.78 is 0. The lowest BCUT2D eigenvalue weighted by Gasteiger charge is -2.40. The maximum absolute atomic E-state index is 4.46. The van der Waals surface area contributed by atoms with Gasteiger partial charge in [-0.2, -0.15) is 0 Å². The van der Waals surface area contributed by atoms with Gasteiger partial charge in [0.2, 0.25) is 0 Å². The second-order valence-electron chi connectivity index (χ2n) is 8.04. The molecule has 0 atom stereocenters. The van der Waals surface area contributed by atoms with E-state index in [2.05, 4.69) is 70.5 Å². The number of nitrogens with zero attached hydrogens (tertiary/aromatic N) is 2. The van der Waals surface area contributed by atoms with Crippen molar-refractivity contribution >= 4 is 17.1 Å². The minimum absolute atomic E-state index is 0.980. The average molecular weight is 358 g/mol. The van der Waals surface area contributed by atoms with E-state index in [0.717, 1.165) is 19.3 Å². The third-order valence-electron chi connectivity index (χ3n) is 6.61. The van der Waals surface area contributed by atoms with Gasteiger partial charge >= 0.3 is 0 Å². The van der Waals surface area contributed by atoms with Crippen LogP contribution in [0.4, 0.5) is 17.1 Å². The zero-order valence-electron chi connectivity index (χ0n) is 15.4. The smallest absolute Gasteiger partial charge is 0.0680 e. The number of anilines is 3. The monoisotopic (exact) mass is 358 g/mol. The van der Waals surface area contributed by atoms with Crippen molar-refractivity contribution in [3.05, 3.63) is 106 Å². The summed E-state index contributed by atoms with van der Waals surface area (Å²) in [6, 6.07) is 22.4. The number of para-hydroxylation sites is 1. The van der Waals surface area contributed by atoms with Crippen LogP contribution in [0.5, 0.6) is 0 Å². The van der Waals surface area contributed by atoms with Gasteiger partial charge in [-0.05, 0) is 69.1 Å². The van der Waals surface area contributed by atoms with Crippen molar-refractivity contribution in [3.63, 3.8) is 0 Å². The Labute approximate surface area is 164 Å². The lowest BCUT2D eigenvalue weighted by Crippen LogP contribution is -2.25. The van der Waals surface area contributed by atoms with Crippen LogP contribution in [0.15, 0.2) is 73.1 Å². The molecule has 132 valence electrons. The standard InChI is InChI=1S/C26H18N2/c1-3-7-20-16(5-1)12-22-21(20)14-19-11-18-9-10-27-15-25(18)28-24-8-4-2-6-17(24)13-23(22)26(19)28/h1-10,14-15H,11-13H2. The molecule has 1 aliphatic carbocycles. The Morgan fingerprint density at radius 3 is 2.39 bits per heavy atom. The Kier molecular flexibility index (Phi) is 2.67. The number of hydrogen-bond donors (Lipinski definition) is 0.